The normalized spacial score (nSPS) is 27.0. The molecule has 12 nitrogen and oxygen atoms in total. The first-order chi connectivity index (χ1) is 27.3. The monoisotopic (exact) mass is 812 g/mol. The van der Waals surface area contributed by atoms with E-state index in [0.717, 1.165) is 99.9 Å². The highest BCUT2D eigenvalue weighted by atomic mass is 35.5. The fourth-order valence-electron chi connectivity index (χ4n) is 11.0. The van der Waals surface area contributed by atoms with Crippen molar-refractivity contribution in [3.8, 4) is 28.1 Å². The van der Waals surface area contributed by atoms with Crippen molar-refractivity contribution in [1.29, 1.82) is 0 Å². The van der Waals surface area contributed by atoms with Crippen LogP contribution in [0.1, 0.15) is 78.9 Å². The van der Waals surface area contributed by atoms with Crippen LogP contribution in [0.2, 0.25) is 10.0 Å². The van der Waals surface area contributed by atoms with E-state index in [4.69, 9.17) is 32.9 Å². The summed E-state index contributed by atoms with van der Waals surface area (Å²) in [7, 11) is 3.49. The molecular formula is C43H46Cl2N6O6. The highest BCUT2D eigenvalue weighted by Crippen LogP contribution is 2.73. The molecule has 57 heavy (non-hydrogen) atoms. The van der Waals surface area contributed by atoms with Gasteiger partial charge in [0.05, 0.1) is 45.1 Å². The summed E-state index contributed by atoms with van der Waals surface area (Å²) in [5, 5.41) is 26.5. The fraction of sp³-hybridized carbons (Fsp3) is 0.465. The van der Waals surface area contributed by atoms with Crippen molar-refractivity contribution in [2.24, 2.45) is 28.7 Å². The maximum absolute atomic E-state index is 13.8. The van der Waals surface area contributed by atoms with Crippen LogP contribution in [-0.2, 0) is 36.1 Å². The van der Waals surface area contributed by atoms with E-state index in [9.17, 15) is 24.6 Å². The van der Waals surface area contributed by atoms with Crippen LogP contribution in [-0.4, -0.2) is 74.2 Å². The number of aliphatic carboxylic acids is 2. The maximum atomic E-state index is 13.8. The Kier molecular flexibility index (Phi) is 9.23. The molecule has 10 rings (SSSR count). The van der Waals surface area contributed by atoms with E-state index >= 15 is 0 Å². The number of halogens is 2. The van der Waals surface area contributed by atoms with Crippen molar-refractivity contribution in [1.82, 2.24) is 24.8 Å². The van der Waals surface area contributed by atoms with Crippen LogP contribution in [0.15, 0.2) is 48.7 Å². The second-order valence-corrected chi connectivity index (χ2v) is 18.3. The largest absolute Gasteiger partial charge is 0.496 e. The molecule has 4 bridgehead atoms. The minimum Gasteiger partial charge on any atom is -0.496 e. The zero-order chi connectivity index (χ0) is 39.9. The molecule has 1 amide bonds. The van der Waals surface area contributed by atoms with Gasteiger partial charge in [-0.05, 0) is 80.4 Å². The summed E-state index contributed by atoms with van der Waals surface area (Å²) >= 11 is 14.1. The van der Waals surface area contributed by atoms with Gasteiger partial charge >= 0.3 is 11.9 Å². The van der Waals surface area contributed by atoms with Gasteiger partial charge < -0.3 is 30.2 Å². The molecule has 6 aliphatic rings. The number of anilines is 1. The van der Waals surface area contributed by atoms with Gasteiger partial charge in [0.2, 0.25) is 0 Å². The second kappa shape index (κ2) is 13.8. The molecule has 0 spiro atoms. The molecule has 3 heterocycles. The topological polar surface area (TPSA) is 159 Å². The lowest BCUT2D eigenvalue weighted by atomic mass is 9.35. The number of nitrogens with zero attached hydrogens (tertiary/aromatic N) is 4. The molecular weight excluding hydrogens is 767 g/mol. The number of benzene rings is 2. The van der Waals surface area contributed by atoms with Crippen LogP contribution in [0.3, 0.4) is 0 Å². The molecule has 5 fully saturated rings. The van der Waals surface area contributed by atoms with Crippen LogP contribution in [0.25, 0.3) is 22.4 Å². The molecule has 0 radical (unpaired) electrons. The smallest absolute Gasteiger partial charge is 0.309 e. The number of carboxylic acid groups (broad SMARTS) is 2. The third-order valence-corrected chi connectivity index (χ3v) is 14.7. The molecule has 0 atom stereocenters. The van der Waals surface area contributed by atoms with E-state index < -0.39 is 22.8 Å². The number of ether oxygens (including phenoxy) is 1. The van der Waals surface area contributed by atoms with Crippen molar-refractivity contribution in [3.05, 3.63) is 81.5 Å². The molecule has 0 saturated heterocycles. The number of hydrogen-bond donors (Lipinski definition) is 4. The highest BCUT2D eigenvalue weighted by Gasteiger charge is 2.71. The molecule has 1 aliphatic heterocycles. The Balaban J connectivity index is 0.878. The summed E-state index contributed by atoms with van der Waals surface area (Å²) in [6, 6.07) is 13.1. The lowest BCUT2D eigenvalue weighted by Gasteiger charge is -2.68. The Morgan fingerprint density at radius 1 is 0.912 bits per heavy atom. The van der Waals surface area contributed by atoms with Crippen LogP contribution >= 0.6 is 23.2 Å². The molecule has 5 saturated carbocycles. The van der Waals surface area contributed by atoms with Gasteiger partial charge in [-0.25, -0.2) is 4.98 Å². The number of carbonyl (C=O) groups excluding carboxylic acids is 1. The lowest BCUT2D eigenvalue weighted by Crippen LogP contribution is -2.68. The summed E-state index contributed by atoms with van der Waals surface area (Å²) in [5.74, 6) is -0.705. The summed E-state index contributed by atoms with van der Waals surface area (Å²) in [6.45, 7) is 3.67. The number of imidazole rings is 1. The standard InChI is InChI=1S/C43H46Cl2N6O6/c1-50-31-9-15-51(24-40-10-12-42(19-40,13-11-40)38(53)54)18-30(31)48-36(50)37(52)49-29-5-3-4-27(33(29)44)28-8-14-47-35(34(28)45)25-6-7-26(32(16-25)57-2)17-46-23-41-20-43(21-41,22-41)39(55)56/h3-8,14,16,46H,9-13,15,17-24H2,1-2H3,(H,49,52)(H,53,54)(H,55,56). The van der Waals surface area contributed by atoms with Gasteiger partial charge in [-0.1, -0.05) is 47.5 Å². The number of carboxylic acids is 2. The predicted molar refractivity (Wildman–Crippen MR) is 215 cm³/mol. The molecule has 2 aromatic carbocycles. The molecule has 5 aliphatic carbocycles. The quantitative estimate of drug-likeness (QED) is 0.107. The zero-order valence-electron chi connectivity index (χ0n) is 32.1. The number of pyridine rings is 1. The Morgan fingerprint density at radius 3 is 2.33 bits per heavy atom. The van der Waals surface area contributed by atoms with E-state index in [0.29, 0.717) is 57.2 Å². The first-order valence-electron chi connectivity index (χ1n) is 19.6. The van der Waals surface area contributed by atoms with Crippen molar-refractivity contribution < 1.29 is 29.3 Å². The van der Waals surface area contributed by atoms with E-state index in [1.165, 1.54) is 0 Å². The highest BCUT2D eigenvalue weighted by molar-refractivity contribution is 6.39. The first-order valence-corrected chi connectivity index (χ1v) is 20.4. The van der Waals surface area contributed by atoms with E-state index in [2.05, 4.69) is 20.5 Å². The number of fused-ring (bicyclic) bond motifs is 3. The number of nitrogens with one attached hydrogen (secondary N) is 2. The Morgan fingerprint density at radius 2 is 1.63 bits per heavy atom. The number of carbonyl (C=O) groups is 3. The molecule has 4 N–H and O–H groups in total. The second-order valence-electron chi connectivity index (χ2n) is 17.5. The van der Waals surface area contributed by atoms with Gasteiger partial charge in [0, 0.05) is 80.3 Å². The van der Waals surface area contributed by atoms with E-state index in [1.807, 2.05) is 41.9 Å². The molecule has 4 aromatic rings. The Bertz CT molecular complexity index is 2310. The van der Waals surface area contributed by atoms with Crippen molar-refractivity contribution >= 4 is 46.7 Å². The average molecular weight is 814 g/mol. The third-order valence-electron chi connectivity index (χ3n) is 13.9. The number of aromatic nitrogens is 3. The minimum atomic E-state index is -0.673. The van der Waals surface area contributed by atoms with Crippen LogP contribution in [0, 0.1) is 21.7 Å². The van der Waals surface area contributed by atoms with Gasteiger partial charge in [0.25, 0.3) is 5.91 Å². The summed E-state index contributed by atoms with van der Waals surface area (Å²) in [4.78, 5) is 49.1. The van der Waals surface area contributed by atoms with Gasteiger partial charge in [-0.3, -0.25) is 24.3 Å². The zero-order valence-corrected chi connectivity index (χ0v) is 33.6. The SMILES string of the molecule is COc1cc(-c2nccc(-c3cccc(NC(=O)c4nc5c(n4C)CCN(CC46CCC(C(=O)O)(CC4)C6)C5)c3Cl)c2Cl)ccc1CNCC12CC(C(=O)O)(C1)C2. The molecule has 14 heteroatoms. The number of rotatable bonds is 13. The van der Waals surface area contributed by atoms with E-state index in [-0.39, 0.29) is 16.7 Å². The van der Waals surface area contributed by atoms with Gasteiger partial charge in [0.1, 0.15) is 5.75 Å². The maximum Gasteiger partial charge on any atom is 0.309 e. The Labute approximate surface area is 340 Å². The molecule has 2 aromatic heterocycles. The molecule has 0 unspecified atom stereocenters. The number of hydrogen-bond acceptors (Lipinski definition) is 8. The average Bonchev–Trinajstić information content (AvgIpc) is 3.83. The first kappa shape index (κ1) is 38.1. The van der Waals surface area contributed by atoms with Crippen LogP contribution in [0.5, 0.6) is 5.75 Å². The molecule has 298 valence electrons. The lowest BCUT2D eigenvalue weighted by molar-refractivity contribution is -0.220. The third kappa shape index (κ3) is 6.31. The Hall–Kier alpha value is -4.49. The van der Waals surface area contributed by atoms with Gasteiger partial charge in [-0.2, -0.15) is 0 Å². The van der Waals surface area contributed by atoms with Crippen molar-refractivity contribution in [2.75, 3.05) is 32.1 Å². The van der Waals surface area contributed by atoms with Gasteiger partial charge in [-0.15, -0.1) is 0 Å². The van der Waals surface area contributed by atoms with Crippen LogP contribution < -0.4 is 15.4 Å². The minimum absolute atomic E-state index is 0.0492. The van der Waals surface area contributed by atoms with Crippen LogP contribution in [0.4, 0.5) is 5.69 Å². The summed E-state index contributed by atoms with van der Waals surface area (Å²) in [5.41, 5.74) is 5.02. The van der Waals surface area contributed by atoms with Gasteiger partial charge in [0.15, 0.2) is 5.82 Å². The van der Waals surface area contributed by atoms with Crippen molar-refractivity contribution in [3.63, 3.8) is 0 Å². The van der Waals surface area contributed by atoms with Crippen molar-refractivity contribution in [2.45, 2.75) is 70.9 Å². The number of methoxy groups -OCH3 is 1. The predicted octanol–water partition coefficient (Wildman–Crippen LogP) is 7.45. The fourth-order valence-corrected chi connectivity index (χ4v) is 11.6. The summed E-state index contributed by atoms with van der Waals surface area (Å²) < 4.78 is 7.63. The van der Waals surface area contributed by atoms with E-state index in [1.54, 1.807) is 25.4 Å². The summed E-state index contributed by atoms with van der Waals surface area (Å²) in [6.07, 6.45) is 8.83. The number of amides is 1.